The van der Waals surface area contributed by atoms with E-state index in [1.807, 2.05) is 48.7 Å². The molecule has 2 aromatic carbocycles. The molecule has 0 aliphatic carbocycles. The van der Waals surface area contributed by atoms with E-state index in [9.17, 15) is 0 Å². The Kier molecular flexibility index (Phi) is 5.91. The zero-order valence-electron chi connectivity index (χ0n) is 14.8. The molecule has 6 nitrogen and oxygen atoms in total. The van der Waals surface area contributed by atoms with Crippen molar-refractivity contribution in [3.63, 3.8) is 0 Å². The van der Waals surface area contributed by atoms with Gasteiger partial charge >= 0.3 is 0 Å². The van der Waals surface area contributed by atoms with Crippen molar-refractivity contribution in [2.75, 3.05) is 17.3 Å². The Morgan fingerprint density at radius 2 is 1.81 bits per heavy atom. The number of benzene rings is 2. The number of nitrogens with zero attached hydrogens (tertiary/aromatic N) is 3. The topological polar surface area (TPSA) is 86.0 Å². The van der Waals surface area contributed by atoms with Crippen molar-refractivity contribution in [2.24, 2.45) is 0 Å². The van der Waals surface area contributed by atoms with Crippen LogP contribution in [0.5, 0.6) is 5.75 Å². The fourth-order valence-electron chi connectivity index (χ4n) is 2.45. The third kappa shape index (κ3) is 4.64. The highest BCUT2D eigenvalue weighted by Crippen LogP contribution is 2.21. The molecule has 0 saturated carbocycles. The molecule has 0 atom stereocenters. The summed E-state index contributed by atoms with van der Waals surface area (Å²) < 4.78 is 5.75. The van der Waals surface area contributed by atoms with E-state index in [0.717, 1.165) is 17.9 Å². The van der Waals surface area contributed by atoms with Gasteiger partial charge in [-0.25, -0.2) is 0 Å². The van der Waals surface area contributed by atoms with Gasteiger partial charge < -0.3 is 15.8 Å². The molecule has 0 bridgehead atoms. The molecule has 0 radical (unpaired) electrons. The Morgan fingerprint density at radius 1 is 1.04 bits per heavy atom. The number of nitrogens with two attached hydrogens (primary N) is 1. The van der Waals surface area contributed by atoms with Gasteiger partial charge in [0.15, 0.2) is 5.82 Å². The van der Waals surface area contributed by atoms with Crippen LogP contribution in [0.15, 0.2) is 53.4 Å². The van der Waals surface area contributed by atoms with Gasteiger partial charge in [0.25, 0.3) is 0 Å². The summed E-state index contributed by atoms with van der Waals surface area (Å²) in [5.74, 6) is 1.80. The summed E-state index contributed by atoms with van der Waals surface area (Å²) in [5.41, 5.74) is 7.97. The third-order valence-electron chi connectivity index (χ3n) is 3.77. The highest BCUT2D eigenvalue weighted by atomic mass is 32.2. The van der Waals surface area contributed by atoms with Crippen molar-refractivity contribution >= 4 is 29.3 Å². The van der Waals surface area contributed by atoms with Crippen LogP contribution in [0, 0.1) is 0 Å². The second-order valence-electron chi connectivity index (χ2n) is 5.53. The third-order valence-corrected chi connectivity index (χ3v) is 4.51. The molecular formula is C19H21N5OS. The molecule has 3 N–H and O–H groups in total. The van der Waals surface area contributed by atoms with Crippen LogP contribution >= 0.6 is 11.8 Å². The molecule has 26 heavy (non-hydrogen) atoms. The van der Waals surface area contributed by atoms with E-state index in [1.165, 1.54) is 10.5 Å². The number of para-hydroxylation sites is 1. The first-order valence-corrected chi connectivity index (χ1v) is 9.52. The number of hydrogen-bond donors (Lipinski definition) is 2. The second kappa shape index (κ2) is 8.53. The van der Waals surface area contributed by atoms with Crippen LogP contribution < -0.4 is 15.8 Å². The quantitative estimate of drug-likeness (QED) is 0.609. The maximum Gasteiger partial charge on any atom is 0.232 e. The molecule has 0 aliphatic rings. The van der Waals surface area contributed by atoms with Crippen molar-refractivity contribution < 1.29 is 4.74 Å². The van der Waals surface area contributed by atoms with Crippen molar-refractivity contribution in [2.45, 2.75) is 24.8 Å². The van der Waals surface area contributed by atoms with Crippen LogP contribution in [0.4, 0.5) is 17.6 Å². The van der Waals surface area contributed by atoms with E-state index in [1.54, 1.807) is 11.8 Å². The smallest absolute Gasteiger partial charge is 0.232 e. The molecule has 0 aliphatic heterocycles. The monoisotopic (exact) mass is 367 g/mol. The van der Waals surface area contributed by atoms with E-state index in [4.69, 9.17) is 10.5 Å². The van der Waals surface area contributed by atoms with Crippen LogP contribution in [-0.4, -0.2) is 21.2 Å². The Labute approximate surface area is 157 Å². The highest BCUT2D eigenvalue weighted by Gasteiger charge is 2.08. The molecule has 1 heterocycles. The van der Waals surface area contributed by atoms with Crippen LogP contribution in [0.2, 0.25) is 0 Å². The minimum atomic E-state index is 0.160. The first-order valence-electron chi connectivity index (χ1n) is 8.30. The van der Waals surface area contributed by atoms with E-state index in [0.29, 0.717) is 11.8 Å². The number of nitrogens with one attached hydrogen (secondary N) is 1. The molecule has 0 spiro atoms. The van der Waals surface area contributed by atoms with Crippen LogP contribution in [-0.2, 0) is 13.0 Å². The lowest BCUT2D eigenvalue weighted by Gasteiger charge is -2.11. The number of ether oxygens (including phenoxy) is 1. The minimum absolute atomic E-state index is 0.160. The predicted molar refractivity (Wildman–Crippen MR) is 106 cm³/mol. The number of thioether (sulfide) groups is 1. The number of aromatic nitrogens is 3. The first-order chi connectivity index (χ1) is 12.7. The molecule has 0 amide bonds. The molecule has 3 rings (SSSR count). The predicted octanol–water partition coefficient (Wildman–Crippen LogP) is 4.06. The van der Waals surface area contributed by atoms with E-state index in [-0.39, 0.29) is 12.6 Å². The normalized spacial score (nSPS) is 10.5. The summed E-state index contributed by atoms with van der Waals surface area (Å²) in [5, 5.41) is 3.22. The summed E-state index contributed by atoms with van der Waals surface area (Å²) in [6, 6.07) is 15.9. The molecule has 7 heteroatoms. The van der Waals surface area contributed by atoms with Crippen molar-refractivity contribution in [1.82, 2.24) is 15.0 Å². The van der Waals surface area contributed by atoms with E-state index in [2.05, 4.69) is 33.3 Å². The maximum atomic E-state index is 5.83. The zero-order valence-corrected chi connectivity index (χ0v) is 15.6. The average Bonchev–Trinajstić information content (AvgIpc) is 2.67. The summed E-state index contributed by atoms with van der Waals surface area (Å²) in [7, 11) is 0. The summed E-state index contributed by atoms with van der Waals surface area (Å²) >= 11 is 1.69. The maximum absolute atomic E-state index is 5.83. The number of nitrogen functional groups attached to an aromatic ring is 1. The number of rotatable bonds is 7. The van der Waals surface area contributed by atoms with Gasteiger partial charge in [-0.3, -0.25) is 0 Å². The van der Waals surface area contributed by atoms with E-state index < -0.39 is 0 Å². The molecule has 0 fully saturated rings. The number of anilines is 3. The Morgan fingerprint density at radius 3 is 2.54 bits per heavy atom. The van der Waals surface area contributed by atoms with Gasteiger partial charge in [-0.05, 0) is 48.6 Å². The largest absolute Gasteiger partial charge is 0.486 e. The lowest BCUT2D eigenvalue weighted by molar-refractivity contribution is 0.295. The van der Waals surface area contributed by atoms with Gasteiger partial charge in [0.1, 0.15) is 12.4 Å². The Hall–Kier alpha value is -2.80. The van der Waals surface area contributed by atoms with Gasteiger partial charge in [-0.1, -0.05) is 25.1 Å². The number of hydrogen-bond acceptors (Lipinski definition) is 7. The lowest BCUT2D eigenvalue weighted by Crippen LogP contribution is -2.10. The minimum Gasteiger partial charge on any atom is -0.486 e. The van der Waals surface area contributed by atoms with Crippen LogP contribution in [0.3, 0.4) is 0 Å². The van der Waals surface area contributed by atoms with Crippen LogP contribution in [0.1, 0.15) is 18.3 Å². The molecule has 0 unspecified atom stereocenters. The molecule has 134 valence electrons. The summed E-state index contributed by atoms with van der Waals surface area (Å²) in [4.78, 5) is 13.9. The van der Waals surface area contributed by atoms with Gasteiger partial charge in [-0.15, -0.1) is 11.8 Å². The van der Waals surface area contributed by atoms with Crippen LogP contribution in [0.25, 0.3) is 0 Å². The molecular weight excluding hydrogens is 346 g/mol. The highest BCUT2D eigenvalue weighted by molar-refractivity contribution is 7.98. The first kappa shape index (κ1) is 18.0. The van der Waals surface area contributed by atoms with Gasteiger partial charge in [0.2, 0.25) is 11.9 Å². The van der Waals surface area contributed by atoms with Crippen molar-refractivity contribution in [1.29, 1.82) is 0 Å². The van der Waals surface area contributed by atoms with E-state index >= 15 is 0 Å². The van der Waals surface area contributed by atoms with Crippen molar-refractivity contribution in [3.8, 4) is 5.75 Å². The Bertz CT molecular complexity index is 870. The van der Waals surface area contributed by atoms with Gasteiger partial charge in [0.05, 0.1) is 0 Å². The zero-order chi connectivity index (χ0) is 18.4. The summed E-state index contributed by atoms with van der Waals surface area (Å²) in [6.07, 6.45) is 2.94. The standard InChI is InChI=1S/C19H21N5OS/c1-3-13-6-4-5-7-16(13)21-19-23-17(22-18(20)24-19)12-25-14-8-10-15(26-2)11-9-14/h4-11H,3,12H2,1-2H3,(H3,20,21,22,23,24). The average molecular weight is 367 g/mol. The Balaban J connectivity index is 1.72. The summed E-state index contributed by atoms with van der Waals surface area (Å²) in [6.45, 7) is 2.32. The molecule has 0 saturated heterocycles. The fourth-order valence-corrected chi connectivity index (χ4v) is 2.86. The molecule has 1 aromatic heterocycles. The second-order valence-corrected chi connectivity index (χ2v) is 6.41. The molecule has 3 aromatic rings. The number of aryl methyl sites for hydroxylation is 1. The fraction of sp³-hybridized carbons (Fsp3) is 0.211. The lowest BCUT2D eigenvalue weighted by atomic mass is 10.1. The van der Waals surface area contributed by atoms with Gasteiger partial charge in [-0.2, -0.15) is 15.0 Å². The van der Waals surface area contributed by atoms with Crippen molar-refractivity contribution in [3.05, 3.63) is 59.9 Å². The van der Waals surface area contributed by atoms with Gasteiger partial charge in [0, 0.05) is 10.6 Å². The SMILES string of the molecule is CCc1ccccc1Nc1nc(N)nc(COc2ccc(SC)cc2)n1.